The van der Waals surface area contributed by atoms with Gasteiger partial charge < -0.3 is 5.32 Å². The highest BCUT2D eigenvalue weighted by atomic mass is 14.9. The molecule has 0 heterocycles. The van der Waals surface area contributed by atoms with Gasteiger partial charge in [-0.3, -0.25) is 0 Å². The Morgan fingerprint density at radius 3 is 1.86 bits per heavy atom. The molecule has 1 nitrogen and oxygen atoms in total. The maximum absolute atomic E-state index is 3.80. The summed E-state index contributed by atoms with van der Waals surface area (Å²) in [6.07, 6.45) is 5.84. The first-order valence-corrected chi connectivity index (χ1v) is 8.95. The fourth-order valence-electron chi connectivity index (χ4n) is 3.18. The minimum absolute atomic E-state index is 0.515. The summed E-state index contributed by atoms with van der Waals surface area (Å²) in [6, 6.07) is 5.39. The summed E-state index contributed by atoms with van der Waals surface area (Å²) < 4.78 is 0. The van der Waals surface area contributed by atoms with Gasteiger partial charge in [0.15, 0.2) is 0 Å². The van der Waals surface area contributed by atoms with E-state index in [4.69, 9.17) is 0 Å². The van der Waals surface area contributed by atoms with Crippen LogP contribution >= 0.6 is 0 Å². The van der Waals surface area contributed by atoms with Crippen LogP contribution in [-0.2, 0) is 19.3 Å². The number of hydrogen-bond donors (Lipinski definition) is 1. The van der Waals surface area contributed by atoms with Gasteiger partial charge in [0.2, 0.25) is 0 Å². The Balaban J connectivity index is 3.25. The monoisotopic (exact) mass is 289 g/mol. The predicted octanol–water partition coefficient (Wildman–Crippen LogP) is 5.46. The van der Waals surface area contributed by atoms with Crippen molar-refractivity contribution in [1.29, 1.82) is 0 Å². The van der Waals surface area contributed by atoms with Crippen LogP contribution in [0.4, 0.5) is 0 Å². The van der Waals surface area contributed by atoms with E-state index >= 15 is 0 Å². The first-order valence-electron chi connectivity index (χ1n) is 8.95. The highest BCUT2D eigenvalue weighted by Crippen LogP contribution is 2.30. The second-order valence-corrected chi connectivity index (χ2v) is 6.52. The van der Waals surface area contributed by atoms with Gasteiger partial charge in [-0.2, -0.15) is 0 Å². The van der Waals surface area contributed by atoms with E-state index in [9.17, 15) is 0 Å². The van der Waals surface area contributed by atoms with E-state index in [0.29, 0.717) is 6.04 Å². The van der Waals surface area contributed by atoms with E-state index in [2.05, 4.69) is 59.0 Å². The summed E-state index contributed by atoms with van der Waals surface area (Å²) in [7, 11) is 0. The van der Waals surface area contributed by atoms with Crippen molar-refractivity contribution in [2.75, 3.05) is 6.54 Å². The van der Waals surface area contributed by atoms with Gasteiger partial charge in [-0.25, -0.2) is 0 Å². The van der Waals surface area contributed by atoms with Crippen LogP contribution in [0.3, 0.4) is 0 Å². The van der Waals surface area contributed by atoms with Gasteiger partial charge in [-0.05, 0) is 66.8 Å². The molecule has 0 aliphatic carbocycles. The number of benzene rings is 1. The lowest BCUT2D eigenvalue weighted by Crippen LogP contribution is -2.26. The first kappa shape index (κ1) is 18.2. The van der Waals surface area contributed by atoms with Crippen LogP contribution in [0, 0.1) is 5.92 Å². The van der Waals surface area contributed by atoms with Gasteiger partial charge in [-0.1, -0.05) is 53.7 Å². The molecule has 0 aliphatic heterocycles. The van der Waals surface area contributed by atoms with E-state index in [1.807, 2.05) is 0 Å². The fraction of sp³-hybridized carbons (Fsp3) is 0.700. The van der Waals surface area contributed by atoms with Crippen molar-refractivity contribution < 1.29 is 0 Å². The first-order chi connectivity index (χ1) is 10.1. The standard InChI is InChI=1S/C20H35N/c1-7-11-21-19(12-15(5)6)20-17(9-3)13-16(8-2)14-18(20)10-4/h13-15,19,21H,7-12H2,1-6H3. The lowest BCUT2D eigenvalue weighted by molar-refractivity contribution is 0.426. The Kier molecular flexibility index (Phi) is 8.03. The van der Waals surface area contributed by atoms with E-state index in [1.165, 1.54) is 18.4 Å². The molecule has 1 rings (SSSR count). The molecule has 0 fully saturated rings. The van der Waals surface area contributed by atoms with Crippen molar-refractivity contribution in [1.82, 2.24) is 5.32 Å². The van der Waals surface area contributed by atoms with Crippen LogP contribution in [0.1, 0.15) is 82.7 Å². The van der Waals surface area contributed by atoms with Crippen LogP contribution in [0.25, 0.3) is 0 Å². The molecule has 1 aromatic carbocycles. The van der Waals surface area contributed by atoms with Gasteiger partial charge in [0.25, 0.3) is 0 Å². The number of nitrogens with one attached hydrogen (secondary N) is 1. The van der Waals surface area contributed by atoms with Crippen LogP contribution in [0.2, 0.25) is 0 Å². The second kappa shape index (κ2) is 9.25. The van der Waals surface area contributed by atoms with Crippen LogP contribution in [0.5, 0.6) is 0 Å². The summed E-state index contributed by atoms with van der Waals surface area (Å²) in [5, 5.41) is 3.80. The lowest BCUT2D eigenvalue weighted by atomic mass is 9.86. The molecule has 0 saturated heterocycles. The Labute approximate surface area is 132 Å². The molecule has 120 valence electrons. The average molecular weight is 290 g/mol. The summed E-state index contributed by atoms with van der Waals surface area (Å²) in [6.45, 7) is 14.9. The topological polar surface area (TPSA) is 12.0 Å². The smallest absolute Gasteiger partial charge is 0.0328 e. The zero-order valence-corrected chi connectivity index (χ0v) is 15.1. The van der Waals surface area contributed by atoms with Crippen molar-refractivity contribution in [3.05, 3.63) is 34.4 Å². The van der Waals surface area contributed by atoms with E-state index in [1.54, 1.807) is 16.7 Å². The van der Waals surface area contributed by atoms with Crippen LogP contribution in [-0.4, -0.2) is 6.54 Å². The largest absolute Gasteiger partial charge is 0.310 e. The van der Waals surface area contributed by atoms with Crippen LogP contribution < -0.4 is 5.32 Å². The average Bonchev–Trinajstić information content (AvgIpc) is 2.49. The maximum atomic E-state index is 3.80. The summed E-state index contributed by atoms with van der Waals surface area (Å²) in [5.74, 6) is 0.722. The summed E-state index contributed by atoms with van der Waals surface area (Å²) in [5.41, 5.74) is 6.20. The van der Waals surface area contributed by atoms with Crippen molar-refractivity contribution in [3.8, 4) is 0 Å². The molecule has 0 spiro atoms. The molecule has 0 aromatic heterocycles. The van der Waals surface area contributed by atoms with Crippen molar-refractivity contribution in [3.63, 3.8) is 0 Å². The van der Waals surface area contributed by atoms with E-state index < -0.39 is 0 Å². The third kappa shape index (κ3) is 5.14. The van der Waals surface area contributed by atoms with Gasteiger partial charge in [-0.15, -0.1) is 0 Å². The van der Waals surface area contributed by atoms with Gasteiger partial charge in [0.1, 0.15) is 0 Å². The molecule has 1 N–H and O–H groups in total. The quantitative estimate of drug-likeness (QED) is 0.636. The Morgan fingerprint density at radius 1 is 0.905 bits per heavy atom. The molecule has 0 amide bonds. The molecule has 0 saturated carbocycles. The lowest BCUT2D eigenvalue weighted by Gasteiger charge is -2.27. The van der Waals surface area contributed by atoms with Gasteiger partial charge >= 0.3 is 0 Å². The number of aryl methyl sites for hydroxylation is 3. The summed E-state index contributed by atoms with van der Waals surface area (Å²) >= 11 is 0. The molecule has 1 heteroatoms. The Hall–Kier alpha value is -0.820. The molecular weight excluding hydrogens is 254 g/mol. The van der Waals surface area contributed by atoms with Gasteiger partial charge in [0.05, 0.1) is 0 Å². The number of rotatable bonds is 9. The minimum Gasteiger partial charge on any atom is -0.310 e. The Bertz CT molecular complexity index is 395. The molecule has 0 radical (unpaired) electrons. The molecule has 1 aromatic rings. The number of hydrogen-bond acceptors (Lipinski definition) is 1. The van der Waals surface area contributed by atoms with Crippen LogP contribution in [0.15, 0.2) is 12.1 Å². The predicted molar refractivity (Wildman–Crippen MR) is 95.1 cm³/mol. The van der Waals surface area contributed by atoms with Crippen molar-refractivity contribution in [2.24, 2.45) is 5.92 Å². The third-order valence-corrected chi connectivity index (χ3v) is 4.28. The van der Waals surface area contributed by atoms with Crippen molar-refractivity contribution in [2.45, 2.75) is 79.7 Å². The highest BCUT2D eigenvalue weighted by molar-refractivity contribution is 5.42. The van der Waals surface area contributed by atoms with Crippen molar-refractivity contribution >= 4 is 0 Å². The SMILES string of the molecule is CCCNC(CC(C)C)c1c(CC)cc(CC)cc1CC. The molecule has 0 aliphatic rings. The third-order valence-electron chi connectivity index (χ3n) is 4.28. The van der Waals surface area contributed by atoms with E-state index in [0.717, 1.165) is 31.7 Å². The maximum Gasteiger partial charge on any atom is 0.0328 e. The molecular formula is C20H35N. The molecule has 1 unspecified atom stereocenters. The zero-order chi connectivity index (χ0) is 15.8. The molecule has 1 atom stereocenters. The van der Waals surface area contributed by atoms with Gasteiger partial charge in [0, 0.05) is 6.04 Å². The molecule has 21 heavy (non-hydrogen) atoms. The molecule has 0 bridgehead atoms. The highest BCUT2D eigenvalue weighted by Gasteiger charge is 2.19. The minimum atomic E-state index is 0.515. The Morgan fingerprint density at radius 2 is 1.48 bits per heavy atom. The fourth-order valence-corrected chi connectivity index (χ4v) is 3.18. The second-order valence-electron chi connectivity index (χ2n) is 6.52. The normalized spacial score (nSPS) is 12.9. The summed E-state index contributed by atoms with van der Waals surface area (Å²) in [4.78, 5) is 0. The van der Waals surface area contributed by atoms with E-state index in [-0.39, 0.29) is 0 Å². The zero-order valence-electron chi connectivity index (χ0n) is 15.1.